The molecule has 0 unspecified atom stereocenters. The Morgan fingerprint density at radius 1 is 1.29 bits per heavy atom. The first-order chi connectivity index (χ1) is 16.3. The van der Waals surface area contributed by atoms with Gasteiger partial charge in [0.15, 0.2) is 12.3 Å². The zero-order valence-corrected chi connectivity index (χ0v) is 19.6. The maximum absolute atomic E-state index is 13.9. The number of fused-ring (bicyclic) bond motifs is 1. The van der Waals surface area contributed by atoms with Crippen LogP contribution in [0.4, 0.5) is 15.9 Å². The molecule has 1 aromatic carbocycles. The second kappa shape index (κ2) is 11.1. The van der Waals surface area contributed by atoms with E-state index in [2.05, 4.69) is 4.98 Å². The number of methoxy groups -OCH3 is 1. The summed E-state index contributed by atoms with van der Waals surface area (Å²) in [4.78, 5) is 53.5. The zero-order valence-electron chi connectivity index (χ0n) is 18.8. The molecule has 2 heterocycles. The number of amides is 1. The van der Waals surface area contributed by atoms with Crippen molar-refractivity contribution in [1.29, 1.82) is 0 Å². The average Bonchev–Trinajstić information content (AvgIpc) is 3.25. The van der Waals surface area contributed by atoms with E-state index in [1.807, 2.05) is 6.92 Å². The molecule has 0 bridgehead atoms. The third kappa shape index (κ3) is 5.34. The summed E-state index contributed by atoms with van der Waals surface area (Å²) in [6.45, 7) is 1.48. The summed E-state index contributed by atoms with van der Waals surface area (Å²) < 4.78 is 25.8. The molecule has 0 aliphatic carbocycles. The summed E-state index contributed by atoms with van der Waals surface area (Å²) in [5, 5.41) is 0.279. The van der Waals surface area contributed by atoms with Crippen LogP contribution < -0.4 is 21.9 Å². The number of aromatic amines is 1. The van der Waals surface area contributed by atoms with E-state index in [0.717, 1.165) is 22.7 Å². The Morgan fingerprint density at radius 3 is 2.74 bits per heavy atom. The minimum absolute atomic E-state index is 0.0578. The molecular formula is C22H25FN4O6S. The number of rotatable bonds is 10. The van der Waals surface area contributed by atoms with Crippen LogP contribution >= 0.6 is 11.3 Å². The number of hydrogen-bond acceptors (Lipinski definition) is 8. The fourth-order valence-corrected chi connectivity index (χ4v) is 4.29. The largest absolute Gasteiger partial charge is 0.451 e. The molecule has 34 heavy (non-hydrogen) atoms. The van der Waals surface area contributed by atoms with Crippen LogP contribution in [0.5, 0.6) is 0 Å². The van der Waals surface area contributed by atoms with E-state index in [0.29, 0.717) is 11.1 Å². The van der Waals surface area contributed by atoms with E-state index in [-0.39, 0.29) is 41.5 Å². The molecule has 0 aliphatic heterocycles. The van der Waals surface area contributed by atoms with Gasteiger partial charge in [-0.1, -0.05) is 19.4 Å². The van der Waals surface area contributed by atoms with Crippen LogP contribution in [0.3, 0.4) is 0 Å². The van der Waals surface area contributed by atoms with Crippen LogP contribution in [-0.4, -0.2) is 48.3 Å². The number of unbranched alkanes of at least 4 members (excludes halogenated alkanes) is 1. The molecule has 0 saturated carbocycles. The number of esters is 1. The van der Waals surface area contributed by atoms with Gasteiger partial charge >= 0.3 is 11.7 Å². The number of hydrogen-bond donors (Lipinski definition) is 2. The van der Waals surface area contributed by atoms with Crippen molar-refractivity contribution in [2.75, 3.05) is 37.5 Å². The van der Waals surface area contributed by atoms with Crippen molar-refractivity contribution in [3.05, 3.63) is 55.8 Å². The number of thiophene rings is 1. The number of benzene rings is 1. The van der Waals surface area contributed by atoms with Gasteiger partial charge in [-0.05, 0) is 24.6 Å². The fourth-order valence-electron chi connectivity index (χ4n) is 3.32. The number of carbonyl (C=O) groups excluding carboxylic acids is 2. The lowest BCUT2D eigenvalue weighted by molar-refractivity contribution is -0.121. The minimum Gasteiger partial charge on any atom is -0.451 e. The summed E-state index contributed by atoms with van der Waals surface area (Å²) in [7, 11) is 1.42. The van der Waals surface area contributed by atoms with Gasteiger partial charge in [0.2, 0.25) is 0 Å². The normalized spacial score (nSPS) is 11.0. The van der Waals surface area contributed by atoms with Crippen molar-refractivity contribution in [3.8, 4) is 0 Å². The van der Waals surface area contributed by atoms with E-state index < -0.39 is 35.5 Å². The molecule has 3 aromatic rings. The number of carbonyl (C=O) groups is 2. The molecule has 12 heteroatoms. The SMILES string of the molecule is CCCCn1c(N)c(N(CCOC)C(=O)COC(=O)c2cc3c(F)cccc3s2)c(=O)[nH]c1=O. The van der Waals surface area contributed by atoms with Crippen LogP contribution in [0.2, 0.25) is 0 Å². The zero-order chi connectivity index (χ0) is 24.8. The Kier molecular flexibility index (Phi) is 8.18. The van der Waals surface area contributed by atoms with Crippen molar-refractivity contribution in [2.24, 2.45) is 0 Å². The summed E-state index contributed by atoms with van der Waals surface area (Å²) in [5.74, 6) is -2.19. The molecule has 0 fully saturated rings. The molecule has 3 rings (SSSR count). The van der Waals surface area contributed by atoms with Gasteiger partial charge in [-0.3, -0.25) is 24.0 Å². The standard InChI is InChI=1S/C22H25FN4O6S/c1-3-4-8-27-19(24)18(20(29)25-22(27)31)26(9-10-32-2)17(28)12-33-21(30)16-11-13-14(23)6-5-7-15(13)34-16/h5-7,11H,3-4,8-10,12,24H2,1-2H3,(H,25,29,31). The molecule has 0 aliphatic rings. The molecule has 2 aromatic heterocycles. The Balaban J connectivity index is 1.84. The molecular weight excluding hydrogens is 467 g/mol. The van der Waals surface area contributed by atoms with E-state index >= 15 is 0 Å². The van der Waals surface area contributed by atoms with Gasteiger partial charge in [0.25, 0.3) is 11.5 Å². The highest BCUT2D eigenvalue weighted by molar-refractivity contribution is 7.20. The second-order valence-electron chi connectivity index (χ2n) is 7.37. The van der Waals surface area contributed by atoms with Crippen molar-refractivity contribution in [3.63, 3.8) is 0 Å². The van der Waals surface area contributed by atoms with E-state index in [1.54, 1.807) is 6.07 Å². The van der Waals surface area contributed by atoms with Crippen molar-refractivity contribution < 1.29 is 23.5 Å². The van der Waals surface area contributed by atoms with Crippen LogP contribution in [0.1, 0.15) is 29.4 Å². The fraction of sp³-hybridized carbons (Fsp3) is 0.364. The summed E-state index contributed by atoms with van der Waals surface area (Å²) in [6.07, 6.45) is 1.42. The Hall–Kier alpha value is -3.51. The number of halogens is 1. The molecule has 0 atom stereocenters. The number of nitrogens with zero attached hydrogens (tertiary/aromatic N) is 2. The number of anilines is 2. The second-order valence-corrected chi connectivity index (χ2v) is 8.46. The lowest BCUT2D eigenvalue weighted by Crippen LogP contribution is -2.44. The highest BCUT2D eigenvalue weighted by atomic mass is 32.1. The first kappa shape index (κ1) is 25.1. The first-order valence-electron chi connectivity index (χ1n) is 10.6. The maximum Gasteiger partial charge on any atom is 0.348 e. The first-order valence-corrected chi connectivity index (χ1v) is 11.4. The van der Waals surface area contributed by atoms with Gasteiger partial charge in [0, 0.05) is 30.3 Å². The van der Waals surface area contributed by atoms with E-state index in [9.17, 15) is 23.6 Å². The van der Waals surface area contributed by atoms with Crippen LogP contribution in [0.15, 0.2) is 33.9 Å². The number of nitrogen functional groups attached to an aromatic ring is 1. The summed E-state index contributed by atoms with van der Waals surface area (Å²) >= 11 is 1.03. The molecule has 10 nitrogen and oxygen atoms in total. The molecule has 0 spiro atoms. The van der Waals surface area contributed by atoms with Gasteiger partial charge in [0.05, 0.1) is 6.61 Å². The van der Waals surface area contributed by atoms with Crippen LogP contribution in [0.25, 0.3) is 10.1 Å². The van der Waals surface area contributed by atoms with Crippen LogP contribution in [-0.2, 0) is 20.8 Å². The quantitative estimate of drug-likeness (QED) is 0.414. The molecule has 0 radical (unpaired) electrons. The van der Waals surface area contributed by atoms with Gasteiger partial charge in [0.1, 0.15) is 16.5 Å². The highest BCUT2D eigenvalue weighted by Crippen LogP contribution is 2.28. The topological polar surface area (TPSA) is 137 Å². The number of H-pyrrole nitrogens is 1. The lowest BCUT2D eigenvalue weighted by atomic mass is 10.2. The smallest absolute Gasteiger partial charge is 0.348 e. The average molecular weight is 493 g/mol. The van der Waals surface area contributed by atoms with Crippen LogP contribution in [0, 0.1) is 5.82 Å². The monoisotopic (exact) mass is 492 g/mol. The molecule has 3 N–H and O–H groups in total. The number of aromatic nitrogens is 2. The lowest BCUT2D eigenvalue weighted by Gasteiger charge is -2.24. The van der Waals surface area contributed by atoms with Gasteiger partial charge in [-0.2, -0.15) is 0 Å². The molecule has 1 amide bonds. The highest BCUT2D eigenvalue weighted by Gasteiger charge is 2.25. The number of nitrogens with one attached hydrogen (secondary N) is 1. The minimum atomic E-state index is -0.842. The molecule has 0 saturated heterocycles. The molecule has 182 valence electrons. The van der Waals surface area contributed by atoms with Crippen molar-refractivity contribution >= 4 is 44.8 Å². The number of ether oxygens (including phenoxy) is 2. The van der Waals surface area contributed by atoms with Gasteiger partial charge in [-0.25, -0.2) is 14.0 Å². The third-order valence-electron chi connectivity index (χ3n) is 5.08. The maximum atomic E-state index is 13.9. The summed E-state index contributed by atoms with van der Waals surface area (Å²) in [6, 6.07) is 5.84. The van der Waals surface area contributed by atoms with Gasteiger partial charge in [-0.15, -0.1) is 11.3 Å². The predicted octanol–water partition coefficient (Wildman–Crippen LogP) is 2.11. The van der Waals surface area contributed by atoms with Gasteiger partial charge < -0.3 is 15.2 Å². The van der Waals surface area contributed by atoms with E-state index in [1.165, 1.54) is 29.9 Å². The third-order valence-corrected chi connectivity index (χ3v) is 6.16. The van der Waals surface area contributed by atoms with E-state index in [4.69, 9.17) is 15.2 Å². The summed E-state index contributed by atoms with van der Waals surface area (Å²) in [5.41, 5.74) is 4.36. The Morgan fingerprint density at radius 2 is 2.06 bits per heavy atom. The Bertz CT molecular complexity index is 1310. The predicted molar refractivity (Wildman–Crippen MR) is 127 cm³/mol. The van der Waals surface area contributed by atoms with Crippen molar-refractivity contribution in [1.82, 2.24) is 9.55 Å². The number of nitrogens with two attached hydrogens (primary N) is 1. The Labute approximate surface area is 197 Å². The van der Waals surface area contributed by atoms with Crippen molar-refractivity contribution in [2.45, 2.75) is 26.3 Å².